The Balaban J connectivity index is 1.69. The summed E-state index contributed by atoms with van der Waals surface area (Å²) < 4.78 is 34.3. The summed E-state index contributed by atoms with van der Waals surface area (Å²) in [5, 5.41) is 0. The molecule has 0 fully saturated rings. The van der Waals surface area contributed by atoms with E-state index in [1.807, 2.05) is 103 Å². The normalized spacial score (nSPS) is 15.0. The molecule has 3 rings (SSSR count). The number of hydrogen-bond donors (Lipinski definition) is 1. The molecule has 0 aliphatic heterocycles. The summed E-state index contributed by atoms with van der Waals surface area (Å²) >= 11 is 0. The predicted molar refractivity (Wildman–Crippen MR) is 137 cm³/mol. The third-order valence-corrected chi connectivity index (χ3v) is 6.39. The summed E-state index contributed by atoms with van der Waals surface area (Å²) in [7, 11) is -3.08. The highest BCUT2D eigenvalue weighted by Gasteiger charge is 2.30. The van der Waals surface area contributed by atoms with E-state index in [0.29, 0.717) is 26.2 Å². The highest BCUT2D eigenvalue weighted by molar-refractivity contribution is 7.47. The molecule has 1 N–H and O–H groups in total. The van der Waals surface area contributed by atoms with E-state index in [4.69, 9.17) is 18.5 Å². The van der Waals surface area contributed by atoms with E-state index < -0.39 is 13.9 Å². The first-order valence-electron chi connectivity index (χ1n) is 11.6. The fraction of sp³-hybridized carbons (Fsp3) is 0.286. The lowest BCUT2D eigenvalue weighted by Gasteiger charge is -2.26. The minimum Gasteiger partial charge on any atom is -0.374 e. The van der Waals surface area contributed by atoms with Gasteiger partial charge in [0.05, 0.1) is 32.5 Å². The Kier molecular flexibility index (Phi) is 11.4. The van der Waals surface area contributed by atoms with Gasteiger partial charge in [-0.2, -0.15) is 0 Å². The summed E-state index contributed by atoms with van der Waals surface area (Å²) in [6.45, 7) is 1.39. The van der Waals surface area contributed by atoms with Crippen LogP contribution in [0.3, 0.4) is 0 Å². The van der Waals surface area contributed by atoms with Crippen molar-refractivity contribution in [3.8, 4) is 0 Å². The van der Waals surface area contributed by atoms with Crippen molar-refractivity contribution in [1.82, 2.24) is 0 Å². The van der Waals surface area contributed by atoms with Gasteiger partial charge in [-0.05, 0) is 23.1 Å². The van der Waals surface area contributed by atoms with Crippen LogP contribution in [0.2, 0.25) is 0 Å². The van der Waals surface area contributed by atoms with Gasteiger partial charge in [-0.15, -0.1) is 0 Å². The van der Waals surface area contributed by atoms with Gasteiger partial charge in [0.2, 0.25) is 0 Å². The van der Waals surface area contributed by atoms with E-state index in [0.717, 1.165) is 23.8 Å². The molecule has 1 unspecified atom stereocenters. The molecule has 0 aromatic heterocycles. The maximum absolute atomic E-state index is 12.3. The number of phosphoric acid groups is 1. The molecular weight excluding hydrogens is 463 g/mol. The Bertz CT molecular complexity index is 1040. The Labute approximate surface area is 207 Å². The number of phosphoric ester groups is 1. The van der Waals surface area contributed by atoms with Crippen molar-refractivity contribution >= 4 is 7.82 Å². The molecule has 0 heterocycles. The van der Waals surface area contributed by atoms with Crippen molar-refractivity contribution in [3.05, 3.63) is 120 Å². The molecule has 3 atom stereocenters. The third kappa shape index (κ3) is 10.3. The van der Waals surface area contributed by atoms with E-state index in [2.05, 4.69) is 0 Å². The van der Waals surface area contributed by atoms with Gasteiger partial charge in [-0.3, -0.25) is 9.05 Å². The second kappa shape index (κ2) is 14.7. The van der Waals surface area contributed by atoms with Crippen LogP contribution in [0, 0.1) is 5.92 Å². The molecule has 0 amide bonds. The molecule has 7 heteroatoms. The molecule has 35 heavy (non-hydrogen) atoms. The van der Waals surface area contributed by atoms with Gasteiger partial charge in [0.1, 0.15) is 0 Å². The maximum Gasteiger partial charge on any atom is 0.472 e. The van der Waals surface area contributed by atoms with Crippen LogP contribution in [0.25, 0.3) is 0 Å². The maximum atomic E-state index is 12.3. The first kappa shape index (κ1) is 27.0. The first-order chi connectivity index (χ1) is 17.1. The summed E-state index contributed by atoms with van der Waals surface area (Å²) in [4.78, 5) is 10.1. The predicted octanol–water partition coefficient (Wildman–Crippen LogP) is 5.97. The molecule has 3 aromatic carbocycles. The van der Waals surface area contributed by atoms with Crippen LogP contribution in [0.5, 0.6) is 0 Å². The Hall–Kier alpha value is -2.57. The third-order valence-electron chi connectivity index (χ3n) is 5.39. The smallest absolute Gasteiger partial charge is 0.374 e. The van der Waals surface area contributed by atoms with Gasteiger partial charge in [0, 0.05) is 13.0 Å². The molecule has 6 nitrogen and oxygen atoms in total. The van der Waals surface area contributed by atoms with E-state index in [-0.39, 0.29) is 12.5 Å². The van der Waals surface area contributed by atoms with E-state index in [1.165, 1.54) is 0 Å². The van der Waals surface area contributed by atoms with Crippen LogP contribution in [0.1, 0.15) is 16.7 Å². The van der Waals surface area contributed by atoms with Crippen LogP contribution in [0.4, 0.5) is 0 Å². The number of ether oxygens (including phenoxy) is 2. The van der Waals surface area contributed by atoms with Crippen molar-refractivity contribution in [2.45, 2.75) is 25.7 Å². The molecule has 0 spiro atoms. The van der Waals surface area contributed by atoms with E-state index >= 15 is 0 Å². The first-order valence-corrected chi connectivity index (χ1v) is 13.1. The average molecular weight is 497 g/mol. The number of benzene rings is 3. The summed E-state index contributed by atoms with van der Waals surface area (Å²) in [6.07, 6.45) is 3.77. The molecule has 0 aliphatic carbocycles. The topological polar surface area (TPSA) is 74.2 Å². The Morgan fingerprint density at radius 2 is 1.31 bits per heavy atom. The zero-order chi connectivity index (χ0) is 24.8. The van der Waals surface area contributed by atoms with Crippen LogP contribution >= 0.6 is 7.82 Å². The highest BCUT2D eigenvalue weighted by Crippen LogP contribution is 2.45. The van der Waals surface area contributed by atoms with Gasteiger partial charge >= 0.3 is 7.82 Å². The van der Waals surface area contributed by atoms with E-state index in [1.54, 1.807) is 0 Å². The van der Waals surface area contributed by atoms with E-state index in [9.17, 15) is 9.46 Å². The second-order valence-electron chi connectivity index (χ2n) is 8.08. The minimum absolute atomic E-state index is 0.121. The second-order valence-corrected chi connectivity index (χ2v) is 9.59. The number of hydrogen-bond acceptors (Lipinski definition) is 5. The van der Waals surface area contributed by atoms with Crippen molar-refractivity contribution < 1.29 is 28.0 Å². The molecule has 186 valence electrons. The molecule has 3 aromatic rings. The molecule has 0 radical (unpaired) electrons. The zero-order valence-electron chi connectivity index (χ0n) is 19.9. The van der Waals surface area contributed by atoms with Crippen molar-refractivity contribution in [2.24, 2.45) is 5.92 Å². The zero-order valence-corrected chi connectivity index (χ0v) is 20.8. The minimum atomic E-state index is -4.23. The van der Waals surface area contributed by atoms with Crippen molar-refractivity contribution in [1.29, 1.82) is 0 Å². The van der Waals surface area contributed by atoms with Crippen LogP contribution in [-0.2, 0) is 42.7 Å². The van der Waals surface area contributed by atoms with Gasteiger partial charge < -0.3 is 14.4 Å². The van der Waals surface area contributed by atoms with Gasteiger partial charge in [0.25, 0.3) is 0 Å². The van der Waals surface area contributed by atoms with Crippen LogP contribution in [-0.4, -0.2) is 31.3 Å². The molecule has 0 saturated heterocycles. The monoisotopic (exact) mass is 496 g/mol. The SMILES string of the molecule is COP(=O)(O)O[C@H](COCc1ccccc1)[C@@H](/C=C/COCc1ccccc1)Cc1ccccc1. The van der Waals surface area contributed by atoms with Crippen LogP contribution in [0.15, 0.2) is 103 Å². The lowest BCUT2D eigenvalue weighted by Crippen LogP contribution is -2.29. The largest absolute Gasteiger partial charge is 0.472 e. The van der Waals surface area contributed by atoms with Gasteiger partial charge in [-0.1, -0.05) is 103 Å². The summed E-state index contributed by atoms with van der Waals surface area (Å²) in [5.41, 5.74) is 3.18. The fourth-order valence-electron chi connectivity index (χ4n) is 3.57. The van der Waals surface area contributed by atoms with Gasteiger partial charge in [0.15, 0.2) is 0 Å². The molecular formula is C28H33O6P. The van der Waals surface area contributed by atoms with Crippen LogP contribution < -0.4 is 0 Å². The van der Waals surface area contributed by atoms with Gasteiger partial charge in [-0.25, -0.2) is 4.57 Å². The summed E-state index contributed by atoms with van der Waals surface area (Å²) in [6, 6.07) is 29.6. The summed E-state index contributed by atoms with van der Waals surface area (Å²) in [5.74, 6) is -0.246. The number of rotatable bonds is 15. The lowest BCUT2D eigenvalue weighted by atomic mass is 9.94. The van der Waals surface area contributed by atoms with Crippen molar-refractivity contribution in [2.75, 3.05) is 20.3 Å². The Morgan fingerprint density at radius 3 is 1.86 bits per heavy atom. The fourth-order valence-corrected chi connectivity index (χ4v) is 4.22. The standard InChI is InChI=1S/C28H33O6P/c1-31-35(29,30)34-28(23-33-22-26-16-9-4-10-17-26)27(20-24-12-5-2-6-13-24)18-11-19-32-21-25-14-7-3-8-15-25/h2-18,27-28H,19-23H2,1H3,(H,29,30)/b18-11+/t27-,28+/m0/s1. The highest BCUT2D eigenvalue weighted by atomic mass is 31.2. The molecule has 0 aliphatic rings. The molecule has 0 saturated carbocycles. The van der Waals surface area contributed by atoms with Crippen molar-refractivity contribution in [3.63, 3.8) is 0 Å². The quantitative estimate of drug-likeness (QED) is 0.159. The molecule has 0 bridgehead atoms. The Morgan fingerprint density at radius 1 is 0.800 bits per heavy atom. The lowest BCUT2D eigenvalue weighted by molar-refractivity contribution is 0.00402. The average Bonchev–Trinajstić information content (AvgIpc) is 2.89.